The highest BCUT2D eigenvalue weighted by molar-refractivity contribution is 5.81. The van der Waals surface area contributed by atoms with Crippen LogP contribution in [-0.4, -0.2) is 54.3 Å². The number of carbonyl (C=O) groups excluding carboxylic acids is 2. The lowest BCUT2D eigenvalue weighted by Gasteiger charge is -2.22. The van der Waals surface area contributed by atoms with Crippen LogP contribution in [0.1, 0.15) is 32.4 Å². The van der Waals surface area contributed by atoms with Crippen LogP contribution in [0.3, 0.4) is 0 Å². The van der Waals surface area contributed by atoms with Gasteiger partial charge in [0.2, 0.25) is 0 Å². The Morgan fingerprint density at radius 2 is 1.72 bits per heavy atom. The lowest BCUT2D eigenvalue weighted by molar-refractivity contribution is -0.139. The molecule has 1 aromatic rings. The Kier molecular flexibility index (Phi) is 6.78. The first-order chi connectivity index (χ1) is 11.5. The molecule has 8 heteroatoms. The van der Waals surface area contributed by atoms with E-state index in [0.29, 0.717) is 11.3 Å². The molecule has 1 rings (SSSR count). The van der Waals surface area contributed by atoms with E-state index in [0.717, 1.165) is 0 Å². The standard InChI is InChI=1S/C17H24N2O6/c1-17(2,3)25-16(23)18-14(15(21)22)11-6-8-12(9-7-11)24-10-13(20)19(4)5/h6-9,14H,10H2,1-5H3,(H,18,23)(H,21,22)/t14-/m1/s1. The number of amides is 2. The molecule has 0 saturated heterocycles. The van der Waals surface area contributed by atoms with Crippen molar-refractivity contribution in [1.82, 2.24) is 10.2 Å². The van der Waals surface area contributed by atoms with Crippen molar-refractivity contribution < 1.29 is 29.0 Å². The van der Waals surface area contributed by atoms with Crippen LogP contribution in [0.25, 0.3) is 0 Å². The zero-order valence-corrected chi connectivity index (χ0v) is 15.0. The van der Waals surface area contributed by atoms with Gasteiger partial charge in [-0.05, 0) is 38.5 Å². The zero-order chi connectivity index (χ0) is 19.2. The van der Waals surface area contributed by atoms with Gasteiger partial charge in [-0.15, -0.1) is 0 Å². The van der Waals surface area contributed by atoms with Crippen LogP contribution in [0.5, 0.6) is 5.75 Å². The Balaban J connectivity index is 2.77. The molecule has 0 spiro atoms. The molecule has 0 aliphatic heterocycles. The number of nitrogens with one attached hydrogen (secondary N) is 1. The number of likely N-dealkylation sites (N-methyl/N-ethyl adjacent to an activating group) is 1. The van der Waals surface area contributed by atoms with Gasteiger partial charge < -0.3 is 24.8 Å². The van der Waals surface area contributed by atoms with Gasteiger partial charge in [0, 0.05) is 14.1 Å². The second kappa shape index (κ2) is 8.36. The molecule has 1 atom stereocenters. The molecule has 0 heterocycles. The molecule has 1 aromatic carbocycles. The van der Waals surface area contributed by atoms with Gasteiger partial charge in [-0.25, -0.2) is 9.59 Å². The Labute approximate surface area is 146 Å². The minimum absolute atomic E-state index is 0.120. The van der Waals surface area contributed by atoms with Crippen molar-refractivity contribution >= 4 is 18.0 Å². The monoisotopic (exact) mass is 352 g/mol. The summed E-state index contributed by atoms with van der Waals surface area (Å²) in [6, 6.07) is 4.82. The number of hydrogen-bond donors (Lipinski definition) is 2. The minimum atomic E-state index is -1.26. The zero-order valence-electron chi connectivity index (χ0n) is 15.0. The summed E-state index contributed by atoms with van der Waals surface area (Å²) in [4.78, 5) is 36.1. The number of rotatable bonds is 6. The molecule has 0 bridgehead atoms. The molecule has 8 nitrogen and oxygen atoms in total. The van der Waals surface area contributed by atoms with Gasteiger partial charge in [0.1, 0.15) is 11.4 Å². The average Bonchev–Trinajstić information content (AvgIpc) is 2.48. The maximum absolute atomic E-state index is 11.8. The van der Waals surface area contributed by atoms with Crippen LogP contribution in [0.4, 0.5) is 4.79 Å². The van der Waals surface area contributed by atoms with Crippen molar-refractivity contribution in [3.05, 3.63) is 29.8 Å². The van der Waals surface area contributed by atoms with Crippen LogP contribution in [0.2, 0.25) is 0 Å². The lowest BCUT2D eigenvalue weighted by atomic mass is 10.1. The molecule has 0 aliphatic carbocycles. The topological polar surface area (TPSA) is 105 Å². The van der Waals surface area contributed by atoms with Crippen molar-refractivity contribution in [3.63, 3.8) is 0 Å². The van der Waals surface area contributed by atoms with Gasteiger partial charge >= 0.3 is 12.1 Å². The van der Waals surface area contributed by atoms with Crippen molar-refractivity contribution in [2.24, 2.45) is 0 Å². The van der Waals surface area contributed by atoms with Crippen LogP contribution in [0, 0.1) is 0 Å². The van der Waals surface area contributed by atoms with Crippen molar-refractivity contribution in [1.29, 1.82) is 0 Å². The molecule has 2 amide bonds. The molecule has 0 fully saturated rings. The number of carboxylic acids is 1. The van der Waals surface area contributed by atoms with Gasteiger partial charge in [-0.1, -0.05) is 12.1 Å². The number of nitrogens with zero attached hydrogens (tertiary/aromatic N) is 1. The van der Waals surface area contributed by atoms with Gasteiger partial charge in [-0.2, -0.15) is 0 Å². The van der Waals surface area contributed by atoms with E-state index in [-0.39, 0.29) is 12.5 Å². The van der Waals surface area contributed by atoms with E-state index in [1.807, 2.05) is 0 Å². The van der Waals surface area contributed by atoms with E-state index < -0.39 is 23.7 Å². The molecule has 2 N–H and O–H groups in total. The second-order valence-corrected chi connectivity index (χ2v) is 6.56. The first-order valence-corrected chi connectivity index (χ1v) is 7.65. The van der Waals surface area contributed by atoms with E-state index in [4.69, 9.17) is 9.47 Å². The number of aliphatic carboxylic acids is 1. The summed E-state index contributed by atoms with van der Waals surface area (Å²) >= 11 is 0. The molecular weight excluding hydrogens is 328 g/mol. The molecule has 0 aliphatic rings. The van der Waals surface area contributed by atoms with Gasteiger partial charge in [0.25, 0.3) is 5.91 Å². The number of carbonyl (C=O) groups is 3. The summed E-state index contributed by atoms with van der Waals surface area (Å²) in [6.45, 7) is 4.93. The summed E-state index contributed by atoms with van der Waals surface area (Å²) in [5.41, 5.74) is -0.381. The van der Waals surface area contributed by atoms with Crippen LogP contribution in [0.15, 0.2) is 24.3 Å². The fourth-order valence-electron chi connectivity index (χ4n) is 1.74. The lowest BCUT2D eigenvalue weighted by Crippen LogP contribution is -2.38. The molecular formula is C17H24N2O6. The SMILES string of the molecule is CN(C)C(=O)COc1ccc([C@@H](NC(=O)OC(C)(C)C)C(=O)O)cc1. The van der Waals surface area contributed by atoms with E-state index >= 15 is 0 Å². The van der Waals surface area contributed by atoms with Gasteiger partial charge in [0.15, 0.2) is 12.6 Å². The summed E-state index contributed by atoms with van der Waals surface area (Å²) in [7, 11) is 3.24. The summed E-state index contributed by atoms with van der Waals surface area (Å²) in [5, 5.41) is 11.6. The molecule has 138 valence electrons. The van der Waals surface area contributed by atoms with Crippen molar-refractivity contribution in [2.45, 2.75) is 32.4 Å². The number of carboxylic acid groups (broad SMARTS) is 1. The van der Waals surface area contributed by atoms with E-state index in [1.165, 1.54) is 29.2 Å². The number of benzene rings is 1. The number of alkyl carbamates (subject to hydrolysis) is 1. The van der Waals surface area contributed by atoms with Gasteiger partial charge in [-0.3, -0.25) is 4.79 Å². The minimum Gasteiger partial charge on any atom is -0.484 e. The smallest absolute Gasteiger partial charge is 0.408 e. The van der Waals surface area contributed by atoms with Crippen LogP contribution in [-0.2, 0) is 14.3 Å². The molecule has 25 heavy (non-hydrogen) atoms. The number of hydrogen-bond acceptors (Lipinski definition) is 5. The van der Waals surface area contributed by atoms with Crippen molar-refractivity contribution in [2.75, 3.05) is 20.7 Å². The summed E-state index contributed by atoms with van der Waals surface area (Å²) in [6.07, 6.45) is -0.822. The highest BCUT2D eigenvalue weighted by Crippen LogP contribution is 2.19. The molecule has 0 radical (unpaired) electrons. The maximum atomic E-state index is 11.8. The predicted octanol–water partition coefficient (Wildman–Crippen LogP) is 1.80. The highest BCUT2D eigenvalue weighted by Gasteiger charge is 2.25. The number of ether oxygens (including phenoxy) is 2. The Morgan fingerprint density at radius 3 is 2.16 bits per heavy atom. The van der Waals surface area contributed by atoms with Crippen molar-refractivity contribution in [3.8, 4) is 5.75 Å². The van der Waals surface area contributed by atoms with Crippen LogP contribution < -0.4 is 10.1 Å². The third-order valence-electron chi connectivity index (χ3n) is 2.98. The Morgan fingerprint density at radius 1 is 1.16 bits per heavy atom. The Bertz CT molecular complexity index is 619. The third-order valence-corrected chi connectivity index (χ3v) is 2.98. The van der Waals surface area contributed by atoms with E-state index in [2.05, 4.69) is 5.32 Å². The second-order valence-electron chi connectivity index (χ2n) is 6.56. The first kappa shape index (κ1) is 20.3. The maximum Gasteiger partial charge on any atom is 0.408 e. The molecule has 0 saturated carbocycles. The predicted molar refractivity (Wildman–Crippen MR) is 90.4 cm³/mol. The van der Waals surface area contributed by atoms with Gasteiger partial charge in [0.05, 0.1) is 0 Å². The fraction of sp³-hybridized carbons (Fsp3) is 0.471. The quantitative estimate of drug-likeness (QED) is 0.809. The summed E-state index contributed by atoms with van der Waals surface area (Å²) < 4.78 is 10.4. The average molecular weight is 352 g/mol. The van der Waals surface area contributed by atoms with E-state index in [1.54, 1.807) is 34.9 Å². The largest absolute Gasteiger partial charge is 0.484 e. The van der Waals surface area contributed by atoms with E-state index in [9.17, 15) is 19.5 Å². The summed E-state index contributed by atoms with van der Waals surface area (Å²) in [5.74, 6) is -0.998. The molecule has 0 aromatic heterocycles. The Hall–Kier alpha value is -2.77. The fourth-order valence-corrected chi connectivity index (χ4v) is 1.74. The van der Waals surface area contributed by atoms with Crippen LogP contribution >= 0.6 is 0 Å². The molecule has 0 unspecified atom stereocenters. The normalized spacial score (nSPS) is 12.0. The highest BCUT2D eigenvalue weighted by atomic mass is 16.6. The first-order valence-electron chi connectivity index (χ1n) is 7.65. The third kappa shape index (κ3) is 7.11.